The van der Waals surface area contributed by atoms with Crippen LogP contribution in [0.1, 0.15) is 0 Å². The Morgan fingerprint density at radius 2 is 1.75 bits per heavy atom. The average Bonchev–Trinajstić information content (AvgIpc) is 2.71. The van der Waals surface area contributed by atoms with E-state index in [0.29, 0.717) is 16.4 Å². The number of benzene rings is 3. The number of anilines is 2. The van der Waals surface area contributed by atoms with Crippen LogP contribution in [0.3, 0.4) is 0 Å². The van der Waals surface area contributed by atoms with Crippen LogP contribution in [0.25, 0.3) is 0 Å². The largest absolute Gasteiger partial charge is 0.360 e. The molecule has 0 fully saturated rings. The van der Waals surface area contributed by atoms with Crippen LogP contribution in [-0.2, 0) is 4.79 Å². The Balaban J connectivity index is 1.74. The Morgan fingerprint density at radius 1 is 1.00 bits per heavy atom. The van der Waals surface area contributed by atoms with Crippen LogP contribution in [0.4, 0.5) is 11.4 Å². The quantitative estimate of drug-likeness (QED) is 0.393. The number of hydrogen-bond donors (Lipinski definition) is 2. The molecule has 0 unspecified atom stereocenters. The highest BCUT2D eigenvalue weighted by Gasteiger charge is 2.12. The molecular formula is C22H16ClN3OS. The molecule has 3 aromatic carbocycles. The summed E-state index contributed by atoms with van der Waals surface area (Å²) in [6.07, 6.45) is 1.37. The van der Waals surface area contributed by atoms with Crippen molar-refractivity contribution in [3.8, 4) is 6.07 Å². The van der Waals surface area contributed by atoms with E-state index < -0.39 is 5.91 Å². The first-order valence-electron chi connectivity index (χ1n) is 8.41. The fourth-order valence-electron chi connectivity index (χ4n) is 2.35. The highest BCUT2D eigenvalue weighted by atomic mass is 35.5. The van der Waals surface area contributed by atoms with Crippen LogP contribution in [0.5, 0.6) is 0 Å². The molecule has 2 N–H and O–H groups in total. The second kappa shape index (κ2) is 9.65. The lowest BCUT2D eigenvalue weighted by Crippen LogP contribution is -2.15. The Labute approximate surface area is 172 Å². The van der Waals surface area contributed by atoms with E-state index in [1.807, 2.05) is 60.7 Å². The van der Waals surface area contributed by atoms with E-state index in [0.717, 1.165) is 9.79 Å². The zero-order chi connectivity index (χ0) is 19.8. The van der Waals surface area contributed by atoms with Gasteiger partial charge in [-0.05, 0) is 42.5 Å². The van der Waals surface area contributed by atoms with Crippen molar-refractivity contribution in [3.05, 3.63) is 95.7 Å². The molecule has 0 aliphatic heterocycles. The van der Waals surface area contributed by atoms with Crippen LogP contribution in [0.15, 0.2) is 100 Å². The highest BCUT2D eigenvalue weighted by molar-refractivity contribution is 7.99. The lowest BCUT2D eigenvalue weighted by Gasteiger charge is -2.10. The van der Waals surface area contributed by atoms with Gasteiger partial charge in [-0.2, -0.15) is 5.26 Å². The normalized spacial score (nSPS) is 10.8. The minimum absolute atomic E-state index is 0.0421. The van der Waals surface area contributed by atoms with Crippen molar-refractivity contribution in [2.75, 3.05) is 10.6 Å². The van der Waals surface area contributed by atoms with Gasteiger partial charge >= 0.3 is 0 Å². The summed E-state index contributed by atoms with van der Waals surface area (Å²) in [6.45, 7) is 0. The topological polar surface area (TPSA) is 64.9 Å². The second-order valence-corrected chi connectivity index (χ2v) is 7.24. The highest BCUT2D eigenvalue weighted by Crippen LogP contribution is 2.33. The van der Waals surface area contributed by atoms with E-state index in [1.165, 1.54) is 18.0 Å². The molecule has 0 aliphatic rings. The standard InChI is InChI=1S/C22H16ClN3OS/c23-17-7-6-8-18(13-17)25-15-16(14-24)22(27)26-20-11-4-5-12-21(20)28-19-9-2-1-3-10-19/h1-13,15,25H,(H,26,27)/b16-15-. The monoisotopic (exact) mass is 405 g/mol. The van der Waals surface area contributed by atoms with Crippen LogP contribution < -0.4 is 10.6 Å². The van der Waals surface area contributed by atoms with Crippen LogP contribution in [0.2, 0.25) is 5.02 Å². The molecule has 3 rings (SSSR count). The summed E-state index contributed by atoms with van der Waals surface area (Å²) < 4.78 is 0. The molecule has 0 aromatic heterocycles. The molecule has 0 atom stereocenters. The molecule has 0 spiro atoms. The number of rotatable bonds is 6. The van der Waals surface area contributed by atoms with Gasteiger partial charge in [0.2, 0.25) is 0 Å². The number of nitrogens with one attached hydrogen (secondary N) is 2. The molecule has 0 bridgehead atoms. The second-order valence-electron chi connectivity index (χ2n) is 5.69. The Bertz CT molecular complexity index is 1040. The number of para-hydroxylation sites is 1. The van der Waals surface area contributed by atoms with Crippen LogP contribution in [0, 0.1) is 11.3 Å². The maximum absolute atomic E-state index is 12.6. The lowest BCUT2D eigenvalue weighted by molar-refractivity contribution is -0.112. The molecule has 0 heterocycles. The summed E-state index contributed by atoms with van der Waals surface area (Å²) in [6, 6.07) is 26.3. The number of nitriles is 1. The Hall–Kier alpha value is -3.20. The van der Waals surface area contributed by atoms with Gasteiger partial charge in [0.05, 0.1) is 5.69 Å². The van der Waals surface area contributed by atoms with Gasteiger partial charge in [-0.25, -0.2) is 0 Å². The van der Waals surface area contributed by atoms with E-state index in [1.54, 1.807) is 24.3 Å². The van der Waals surface area contributed by atoms with Crippen molar-refractivity contribution in [1.29, 1.82) is 5.26 Å². The third kappa shape index (κ3) is 5.40. The Morgan fingerprint density at radius 3 is 2.50 bits per heavy atom. The van der Waals surface area contributed by atoms with E-state index >= 15 is 0 Å². The number of halogens is 1. The zero-order valence-corrected chi connectivity index (χ0v) is 16.3. The van der Waals surface area contributed by atoms with Gasteiger partial charge < -0.3 is 10.6 Å². The molecule has 138 valence electrons. The van der Waals surface area contributed by atoms with Gasteiger partial charge in [-0.3, -0.25) is 4.79 Å². The third-order valence-electron chi connectivity index (χ3n) is 3.68. The fraction of sp³-hybridized carbons (Fsp3) is 0. The number of hydrogen-bond acceptors (Lipinski definition) is 4. The molecule has 1 amide bonds. The van der Waals surface area contributed by atoms with Crippen LogP contribution >= 0.6 is 23.4 Å². The van der Waals surface area contributed by atoms with Crippen molar-refractivity contribution >= 4 is 40.6 Å². The van der Waals surface area contributed by atoms with Crippen molar-refractivity contribution in [2.45, 2.75) is 9.79 Å². The molecular weight excluding hydrogens is 390 g/mol. The predicted octanol–water partition coefficient (Wildman–Crippen LogP) is 5.95. The smallest absolute Gasteiger partial charge is 0.267 e. The van der Waals surface area contributed by atoms with E-state index in [4.69, 9.17) is 11.6 Å². The summed E-state index contributed by atoms with van der Waals surface area (Å²) in [5.41, 5.74) is 1.29. The molecule has 3 aromatic rings. The number of carbonyl (C=O) groups is 1. The number of amides is 1. The molecule has 0 radical (unpaired) electrons. The first kappa shape index (κ1) is 19.6. The molecule has 0 saturated heterocycles. The van der Waals surface area contributed by atoms with E-state index in [2.05, 4.69) is 10.6 Å². The predicted molar refractivity (Wildman–Crippen MR) is 114 cm³/mol. The van der Waals surface area contributed by atoms with E-state index in [9.17, 15) is 10.1 Å². The minimum Gasteiger partial charge on any atom is -0.360 e. The first-order valence-corrected chi connectivity index (χ1v) is 9.61. The summed E-state index contributed by atoms with van der Waals surface area (Å²) in [4.78, 5) is 14.5. The lowest BCUT2D eigenvalue weighted by atomic mass is 10.2. The first-order chi connectivity index (χ1) is 13.7. The summed E-state index contributed by atoms with van der Waals surface area (Å²) in [5, 5.41) is 15.7. The van der Waals surface area contributed by atoms with E-state index in [-0.39, 0.29) is 5.57 Å². The summed E-state index contributed by atoms with van der Waals surface area (Å²) >= 11 is 7.48. The molecule has 4 nitrogen and oxygen atoms in total. The van der Waals surface area contributed by atoms with Crippen molar-refractivity contribution in [1.82, 2.24) is 0 Å². The number of carbonyl (C=O) groups excluding carboxylic acids is 1. The Kier molecular flexibility index (Phi) is 6.74. The van der Waals surface area contributed by atoms with Crippen molar-refractivity contribution < 1.29 is 4.79 Å². The fourth-order valence-corrected chi connectivity index (χ4v) is 3.46. The van der Waals surface area contributed by atoms with Gasteiger partial charge in [0.1, 0.15) is 11.6 Å². The molecule has 28 heavy (non-hydrogen) atoms. The van der Waals surface area contributed by atoms with Gasteiger partial charge in [0.15, 0.2) is 0 Å². The third-order valence-corrected chi connectivity index (χ3v) is 5.00. The molecule has 0 aliphatic carbocycles. The molecule has 0 saturated carbocycles. The molecule has 6 heteroatoms. The maximum atomic E-state index is 12.6. The summed E-state index contributed by atoms with van der Waals surface area (Å²) in [5.74, 6) is -0.488. The minimum atomic E-state index is -0.488. The SMILES string of the molecule is N#C/C(=C/Nc1cccc(Cl)c1)C(=O)Nc1ccccc1Sc1ccccc1. The average molecular weight is 406 g/mol. The van der Waals surface area contributed by atoms with Gasteiger partial charge in [0.25, 0.3) is 5.91 Å². The zero-order valence-electron chi connectivity index (χ0n) is 14.7. The van der Waals surface area contributed by atoms with Gasteiger partial charge in [-0.15, -0.1) is 0 Å². The van der Waals surface area contributed by atoms with Crippen molar-refractivity contribution in [3.63, 3.8) is 0 Å². The van der Waals surface area contributed by atoms with Crippen LogP contribution in [-0.4, -0.2) is 5.91 Å². The summed E-state index contributed by atoms with van der Waals surface area (Å²) in [7, 11) is 0. The van der Waals surface area contributed by atoms with Gasteiger partial charge in [0, 0.05) is 26.7 Å². The van der Waals surface area contributed by atoms with Gasteiger partial charge in [-0.1, -0.05) is 59.8 Å². The number of nitrogens with zero attached hydrogens (tertiary/aromatic N) is 1. The maximum Gasteiger partial charge on any atom is 0.267 e. The van der Waals surface area contributed by atoms with Crippen molar-refractivity contribution in [2.24, 2.45) is 0 Å².